The van der Waals surface area contributed by atoms with Gasteiger partial charge in [-0.15, -0.1) is 0 Å². The van der Waals surface area contributed by atoms with Crippen molar-refractivity contribution in [3.63, 3.8) is 0 Å². The topological polar surface area (TPSA) is 74.3 Å². The summed E-state index contributed by atoms with van der Waals surface area (Å²) in [7, 11) is 0. The summed E-state index contributed by atoms with van der Waals surface area (Å²) in [5.74, 6) is -3.73. The highest BCUT2D eigenvalue weighted by molar-refractivity contribution is 5.87. The number of hydrogen-bond acceptors (Lipinski definition) is 5. The number of ether oxygens (including phenoxy) is 1. The molecule has 7 heteroatoms. The third-order valence-electron chi connectivity index (χ3n) is 3.45. The maximum atomic E-state index is 13.0. The van der Waals surface area contributed by atoms with E-state index >= 15 is 0 Å². The second-order valence-electron chi connectivity index (χ2n) is 6.54. The molecule has 0 unspecified atom stereocenters. The van der Waals surface area contributed by atoms with E-state index in [-0.39, 0.29) is 15.9 Å². The fourth-order valence-corrected chi connectivity index (χ4v) is 2.32. The summed E-state index contributed by atoms with van der Waals surface area (Å²) in [5.41, 5.74) is -1.11. The Morgan fingerprint density at radius 2 is 2.44 bits per heavy atom. The molecule has 0 aromatic carbocycles. The minimum Gasteiger partial charge on any atom is -0.444 e. The molecule has 0 aliphatic carbocycles. The Hall–Kier alpha value is -2.31. The maximum absolute atomic E-state index is 13.0. The molecule has 2 atom stereocenters. The van der Waals surface area contributed by atoms with E-state index in [1.165, 1.54) is 33.0 Å². The van der Waals surface area contributed by atoms with Gasteiger partial charge in [-0.3, -0.25) is 0 Å². The number of anilines is 1. The second kappa shape index (κ2) is 6.54. The third-order valence-corrected chi connectivity index (χ3v) is 3.45. The van der Waals surface area contributed by atoms with E-state index in [9.17, 15) is 6.17 Å². The van der Waals surface area contributed by atoms with Crippen molar-refractivity contribution in [1.29, 1.82) is 0 Å². The standard InChI is InChI=1S/C18H27N5O2/c1-12-7-9-23(17(24)25-18(2,3)4)10-14(12)22(5)16-13-6-8-19-15(13)20-11-21-16/h6,8,11-12,14H,7,9-10H2,1-5H3,(H,19,20,21)/t12-,14+/m1/s1/i1D3,5D3,10D2,11D,12D,14D. The van der Waals surface area contributed by atoms with Crippen LogP contribution in [0.1, 0.15) is 49.1 Å². The molecule has 136 valence electrons. The minimum absolute atomic E-state index is 0.0207. The summed E-state index contributed by atoms with van der Waals surface area (Å²) >= 11 is 0. The molecular formula is C18H27N5O2. The number of fused-ring (bicyclic) bond motifs is 1. The van der Waals surface area contributed by atoms with Gasteiger partial charge in [-0.2, -0.15) is 0 Å². The normalized spacial score (nSPS) is 36.8. The van der Waals surface area contributed by atoms with E-state index in [4.69, 9.17) is 18.4 Å². The molecule has 0 saturated carbocycles. The van der Waals surface area contributed by atoms with Gasteiger partial charge in [-0.05, 0) is 39.2 Å². The molecular weight excluding hydrogens is 318 g/mol. The number of H-pyrrole nitrogens is 1. The Kier molecular flexibility index (Phi) is 2.19. The molecule has 0 radical (unpaired) electrons. The quantitative estimate of drug-likeness (QED) is 0.895. The molecule has 1 amide bonds. The van der Waals surface area contributed by atoms with Gasteiger partial charge in [0.05, 0.1) is 15.5 Å². The van der Waals surface area contributed by atoms with Crippen LogP contribution < -0.4 is 4.90 Å². The lowest BCUT2D eigenvalue weighted by atomic mass is 9.92. The monoisotopic (exact) mass is 356 g/mol. The number of aromatic nitrogens is 3. The fraction of sp³-hybridized carbons (Fsp3) is 0.611. The highest BCUT2D eigenvalue weighted by Gasteiger charge is 2.34. The number of carbonyl (C=O) groups excluding carboxylic acids is 1. The molecule has 3 heterocycles. The second-order valence-corrected chi connectivity index (χ2v) is 6.54. The zero-order valence-corrected chi connectivity index (χ0v) is 14.2. The number of likely N-dealkylation sites (N-methyl/N-ethyl adjacent to an activating group) is 1. The summed E-state index contributed by atoms with van der Waals surface area (Å²) in [6.45, 7) is -6.31. The summed E-state index contributed by atoms with van der Waals surface area (Å²) in [4.78, 5) is 23.8. The molecule has 2 aromatic heterocycles. The molecule has 7 nitrogen and oxygen atoms in total. The molecule has 0 spiro atoms. The summed E-state index contributed by atoms with van der Waals surface area (Å²) in [6, 6.07) is -2.19. The summed E-state index contributed by atoms with van der Waals surface area (Å²) in [5, 5.41) is -0.0492. The Morgan fingerprint density at radius 1 is 1.60 bits per heavy atom. The van der Waals surface area contributed by atoms with Crippen molar-refractivity contribution >= 4 is 22.9 Å². The summed E-state index contributed by atoms with van der Waals surface area (Å²) < 4.78 is 97.8. The van der Waals surface area contributed by atoms with Gasteiger partial charge < -0.3 is 19.5 Å². The van der Waals surface area contributed by atoms with Gasteiger partial charge in [0.2, 0.25) is 0 Å². The first-order chi connectivity index (χ1) is 16.1. The third kappa shape index (κ3) is 3.70. The molecule has 2 aromatic rings. The van der Waals surface area contributed by atoms with E-state index in [1.807, 2.05) is 0 Å². The van der Waals surface area contributed by atoms with Crippen molar-refractivity contribution < 1.29 is 24.6 Å². The van der Waals surface area contributed by atoms with E-state index in [1.54, 1.807) is 0 Å². The molecule has 1 aliphatic heterocycles. The predicted molar refractivity (Wildman–Crippen MR) is 97.7 cm³/mol. The molecule has 1 saturated heterocycles. The number of piperidine rings is 1. The van der Waals surface area contributed by atoms with Crippen molar-refractivity contribution in [2.75, 3.05) is 24.9 Å². The van der Waals surface area contributed by atoms with Gasteiger partial charge >= 0.3 is 6.09 Å². The summed E-state index contributed by atoms with van der Waals surface area (Å²) in [6.07, 6.45) is -1.38. The molecule has 1 fully saturated rings. The number of rotatable bonds is 2. The molecule has 1 aliphatic rings. The number of carbonyl (C=O) groups is 1. The number of amides is 1. The van der Waals surface area contributed by atoms with Crippen LogP contribution in [0, 0.1) is 5.89 Å². The molecule has 3 rings (SSSR count). The zero-order valence-electron chi connectivity index (χ0n) is 25.2. The van der Waals surface area contributed by atoms with Crippen LogP contribution in [0.2, 0.25) is 0 Å². The van der Waals surface area contributed by atoms with Crippen molar-refractivity contribution in [1.82, 2.24) is 19.9 Å². The first-order valence-corrected chi connectivity index (χ1v) is 7.71. The van der Waals surface area contributed by atoms with Crippen molar-refractivity contribution in [2.45, 2.75) is 45.7 Å². The first kappa shape index (κ1) is 8.38. The van der Waals surface area contributed by atoms with Crippen molar-refractivity contribution in [3.8, 4) is 0 Å². The number of aromatic amines is 1. The van der Waals surface area contributed by atoms with Crippen molar-refractivity contribution in [2.24, 2.45) is 5.89 Å². The first-order valence-electron chi connectivity index (χ1n) is 13.2. The van der Waals surface area contributed by atoms with Crippen LogP contribution in [0.4, 0.5) is 10.6 Å². The lowest BCUT2D eigenvalue weighted by molar-refractivity contribution is 0.0165. The van der Waals surface area contributed by atoms with Crippen LogP contribution in [-0.4, -0.2) is 57.6 Å². The molecule has 25 heavy (non-hydrogen) atoms. The average molecular weight is 357 g/mol. The van der Waals surface area contributed by atoms with E-state index in [0.717, 1.165) is 0 Å². The fourth-order valence-electron chi connectivity index (χ4n) is 2.32. The SMILES string of the molecule is [2H]c1nc(N(C([2H])([2H])[2H])[C@@]2([2H])C([2H])([2H])N(C(=O)OC(C)(C)C)CC[C@@]2([2H])C([2H])([2H])[2H])c2cc[nH]c2n1. The van der Waals surface area contributed by atoms with Gasteiger partial charge in [0.25, 0.3) is 0 Å². The van der Waals surface area contributed by atoms with Crippen LogP contribution in [0.25, 0.3) is 11.0 Å². The largest absolute Gasteiger partial charge is 0.444 e. The van der Waals surface area contributed by atoms with Gasteiger partial charge in [0.1, 0.15) is 24.7 Å². The highest BCUT2D eigenvalue weighted by atomic mass is 16.6. The maximum Gasteiger partial charge on any atom is 0.410 e. The number of nitrogens with one attached hydrogen (secondary N) is 1. The lowest BCUT2D eigenvalue weighted by Crippen LogP contribution is -2.53. The smallest absolute Gasteiger partial charge is 0.410 e. The number of likely N-dealkylation sites (tertiary alicyclic amines) is 1. The van der Waals surface area contributed by atoms with Crippen LogP contribution >= 0.6 is 0 Å². The van der Waals surface area contributed by atoms with Crippen LogP contribution in [0.3, 0.4) is 0 Å². The average Bonchev–Trinajstić information content (AvgIpc) is 3.11. The Balaban J connectivity index is 2.39. The minimum atomic E-state index is -3.50. The van der Waals surface area contributed by atoms with E-state index in [2.05, 4.69) is 15.0 Å². The zero-order chi connectivity index (χ0) is 27.7. The van der Waals surface area contributed by atoms with E-state index < -0.39 is 69.0 Å². The van der Waals surface area contributed by atoms with Gasteiger partial charge in [-0.25, -0.2) is 14.8 Å². The van der Waals surface area contributed by atoms with Crippen LogP contribution in [0.15, 0.2) is 18.6 Å². The molecule has 1 N–H and O–H groups in total. The lowest BCUT2D eigenvalue weighted by Gasteiger charge is -2.42. The predicted octanol–water partition coefficient (Wildman–Crippen LogP) is 3.04. The number of hydrogen-bond donors (Lipinski definition) is 1. The highest BCUT2D eigenvalue weighted by Crippen LogP contribution is 2.29. The number of nitrogens with zero attached hydrogens (tertiary/aromatic N) is 4. The Bertz CT molecular complexity index is 1160. The van der Waals surface area contributed by atoms with Gasteiger partial charge in [-0.1, -0.05) is 6.85 Å². The van der Waals surface area contributed by atoms with Gasteiger partial charge in [0, 0.05) is 35.8 Å². The van der Waals surface area contributed by atoms with Gasteiger partial charge in [0.15, 0.2) is 0 Å². The van der Waals surface area contributed by atoms with Crippen molar-refractivity contribution in [3.05, 3.63) is 18.6 Å². The van der Waals surface area contributed by atoms with Crippen LogP contribution in [0.5, 0.6) is 0 Å². The van der Waals surface area contributed by atoms with Crippen LogP contribution in [-0.2, 0) is 4.74 Å². The Morgan fingerprint density at radius 3 is 3.16 bits per heavy atom. The molecule has 0 bridgehead atoms. The van der Waals surface area contributed by atoms with E-state index in [0.29, 0.717) is 4.90 Å². The Labute approximate surface area is 163 Å².